The Hall–Kier alpha value is -1.52. The van der Waals surface area contributed by atoms with Gasteiger partial charge in [-0.3, -0.25) is 9.59 Å². The molecule has 0 radical (unpaired) electrons. The highest BCUT2D eigenvalue weighted by Crippen LogP contribution is 2.24. The predicted octanol–water partition coefficient (Wildman–Crippen LogP) is 1.90. The van der Waals surface area contributed by atoms with Gasteiger partial charge in [-0.05, 0) is 12.1 Å². The minimum absolute atomic E-state index is 0.0330. The van der Waals surface area contributed by atoms with Crippen LogP contribution in [-0.2, 0) is 0 Å². The molecule has 0 saturated heterocycles. The van der Waals surface area contributed by atoms with E-state index < -0.39 is 16.7 Å². The van der Waals surface area contributed by atoms with Gasteiger partial charge in [-0.25, -0.2) is 0 Å². The number of hydrogen-bond donors (Lipinski definition) is 2. The van der Waals surface area contributed by atoms with Crippen molar-refractivity contribution >= 4 is 34.1 Å². The summed E-state index contributed by atoms with van der Waals surface area (Å²) in [4.78, 5) is 25.3. The number of aromatic hydroxyl groups is 1. The topological polar surface area (TPSA) is 70.2 Å². The number of fused-ring (bicyclic) bond motifs is 1. The number of hydrogen-bond acceptors (Lipinski definition) is 3. The maximum atomic E-state index is 11.7. The SMILES string of the molecule is O=c1cc(O)c(=O)c2c(Cl)cc(Cl)cc2[nH]1. The average Bonchev–Trinajstić information content (AvgIpc) is 2.24. The molecule has 2 aromatic rings. The second-order valence-electron chi connectivity index (χ2n) is 3.16. The van der Waals surface area contributed by atoms with Crippen molar-refractivity contribution in [1.29, 1.82) is 0 Å². The molecule has 1 heterocycles. The number of H-pyrrole nitrogens is 1. The van der Waals surface area contributed by atoms with Crippen LogP contribution in [0.4, 0.5) is 0 Å². The van der Waals surface area contributed by atoms with Gasteiger partial charge >= 0.3 is 0 Å². The molecule has 0 bridgehead atoms. The molecule has 0 saturated carbocycles. The van der Waals surface area contributed by atoms with E-state index in [2.05, 4.69) is 4.98 Å². The van der Waals surface area contributed by atoms with E-state index in [1.165, 1.54) is 12.1 Å². The molecule has 1 aromatic heterocycles. The standard InChI is InChI=1S/C10H5Cl2NO3/c11-4-1-5(12)9-6(2-4)13-8(15)3-7(14)10(9)16/h1-3H,(H,13,15)(H,14,16). The monoisotopic (exact) mass is 257 g/mol. The Balaban J connectivity index is 3.19. The van der Waals surface area contributed by atoms with Gasteiger partial charge in [0.1, 0.15) is 0 Å². The molecular weight excluding hydrogens is 253 g/mol. The number of benzene rings is 1. The summed E-state index contributed by atoms with van der Waals surface area (Å²) in [5, 5.41) is 9.73. The van der Waals surface area contributed by atoms with Gasteiger partial charge in [0.05, 0.1) is 15.9 Å². The third kappa shape index (κ3) is 1.77. The summed E-state index contributed by atoms with van der Waals surface area (Å²) in [7, 11) is 0. The quantitative estimate of drug-likeness (QED) is 0.758. The van der Waals surface area contributed by atoms with Crippen LogP contribution in [0.2, 0.25) is 10.0 Å². The van der Waals surface area contributed by atoms with Gasteiger partial charge in [0.2, 0.25) is 5.43 Å². The van der Waals surface area contributed by atoms with E-state index in [0.29, 0.717) is 5.02 Å². The average molecular weight is 258 g/mol. The highest BCUT2D eigenvalue weighted by atomic mass is 35.5. The van der Waals surface area contributed by atoms with Crippen molar-refractivity contribution < 1.29 is 5.11 Å². The van der Waals surface area contributed by atoms with Crippen molar-refractivity contribution in [3.8, 4) is 5.75 Å². The second kappa shape index (κ2) is 3.81. The number of rotatable bonds is 0. The number of halogens is 2. The van der Waals surface area contributed by atoms with Crippen LogP contribution in [0.5, 0.6) is 5.75 Å². The Morgan fingerprint density at radius 3 is 2.50 bits per heavy atom. The Morgan fingerprint density at radius 1 is 1.12 bits per heavy atom. The summed E-state index contributed by atoms with van der Waals surface area (Å²) >= 11 is 11.6. The van der Waals surface area contributed by atoms with Gasteiger partial charge in [0.25, 0.3) is 5.56 Å². The molecule has 0 aliphatic rings. The fourth-order valence-corrected chi connectivity index (χ4v) is 1.97. The zero-order valence-electron chi connectivity index (χ0n) is 7.75. The molecule has 16 heavy (non-hydrogen) atoms. The van der Waals surface area contributed by atoms with Crippen LogP contribution in [0.25, 0.3) is 10.9 Å². The van der Waals surface area contributed by atoms with Crippen molar-refractivity contribution in [2.75, 3.05) is 0 Å². The van der Waals surface area contributed by atoms with Crippen molar-refractivity contribution in [1.82, 2.24) is 4.98 Å². The minimum atomic E-state index is -0.713. The molecule has 82 valence electrons. The molecule has 0 aliphatic heterocycles. The van der Waals surface area contributed by atoms with Crippen LogP contribution in [0.1, 0.15) is 0 Å². The third-order valence-electron chi connectivity index (χ3n) is 2.04. The highest BCUT2D eigenvalue weighted by Gasteiger charge is 2.08. The molecule has 2 rings (SSSR count). The predicted molar refractivity (Wildman–Crippen MR) is 62.5 cm³/mol. The summed E-state index contributed by atoms with van der Waals surface area (Å²) in [6.07, 6.45) is 0. The zero-order chi connectivity index (χ0) is 11.9. The lowest BCUT2D eigenvalue weighted by Crippen LogP contribution is -1.98. The normalized spacial score (nSPS) is 10.6. The van der Waals surface area contributed by atoms with Crippen LogP contribution in [0.15, 0.2) is 27.8 Å². The van der Waals surface area contributed by atoms with E-state index in [4.69, 9.17) is 23.2 Å². The number of aromatic nitrogens is 1. The first-order chi connectivity index (χ1) is 7.49. The van der Waals surface area contributed by atoms with Gasteiger partial charge in [-0.15, -0.1) is 0 Å². The molecule has 0 unspecified atom stereocenters. The lowest BCUT2D eigenvalue weighted by Gasteiger charge is -1.96. The smallest absolute Gasteiger partial charge is 0.252 e. The van der Waals surface area contributed by atoms with E-state index >= 15 is 0 Å². The molecule has 1 aromatic carbocycles. The fraction of sp³-hybridized carbons (Fsp3) is 0. The van der Waals surface area contributed by atoms with Crippen molar-refractivity contribution in [2.45, 2.75) is 0 Å². The van der Waals surface area contributed by atoms with Gasteiger partial charge < -0.3 is 10.1 Å². The van der Waals surface area contributed by atoms with Crippen LogP contribution in [0.3, 0.4) is 0 Å². The van der Waals surface area contributed by atoms with Crippen LogP contribution < -0.4 is 11.0 Å². The largest absolute Gasteiger partial charge is 0.504 e. The second-order valence-corrected chi connectivity index (χ2v) is 4.00. The van der Waals surface area contributed by atoms with Crippen LogP contribution in [-0.4, -0.2) is 10.1 Å². The van der Waals surface area contributed by atoms with Gasteiger partial charge in [-0.1, -0.05) is 23.2 Å². The van der Waals surface area contributed by atoms with E-state index in [-0.39, 0.29) is 15.9 Å². The lowest BCUT2D eigenvalue weighted by molar-refractivity contribution is 0.471. The summed E-state index contributed by atoms with van der Waals surface area (Å²) in [6.45, 7) is 0. The Kier molecular flexibility index (Phi) is 2.61. The zero-order valence-corrected chi connectivity index (χ0v) is 9.26. The molecule has 0 spiro atoms. The summed E-state index contributed by atoms with van der Waals surface area (Å²) in [5.41, 5.74) is -1.13. The Morgan fingerprint density at radius 2 is 1.81 bits per heavy atom. The molecule has 0 fully saturated rings. The van der Waals surface area contributed by atoms with Crippen molar-refractivity contribution in [3.05, 3.63) is 48.8 Å². The highest BCUT2D eigenvalue weighted by molar-refractivity contribution is 6.38. The number of aromatic amines is 1. The van der Waals surface area contributed by atoms with Crippen LogP contribution >= 0.6 is 23.2 Å². The van der Waals surface area contributed by atoms with Crippen molar-refractivity contribution in [2.24, 2.45) is 0 Å². The maximum absolute atomic E-state index is 11.7. The van der Waals surface area contributed by atoms with Gasteiger partial charge in [0, 0.05) is 11.1 Å². The molecule has 0 atom stereocenters. The van der Waals surface area contributed by atoms with Crippen LogP contribution in [0, 0.1) is 0 Å². The molecule has 6 heteroatoms. The first-order valence-corrected chi connectivity index (χ1v) is 5.00. The third-order valence-corrected chi connectivity index (χ3v) is 2.56. The van der Waals surface area contributed by atoms with Gasteiger partial charge in [-0.2, -0.15) is 0 Å². The summed E-state index contributed by atoms with van der Waals surface area (Å²) in [6, 6.07) is 3.56. The molecule has 4 nitrogen and oxygen atoms in total. The Bertz CT molecular complexity index is 694. The van der Waals surface area contributed by atoms with E-state index in [9.17, 15) is 14.7 Å². The van der Waals surface area contributed by atoms with E-state index in [1.807, 2.05) is 0 Å². The molecule has 0 amide bonds. The maximum Gasteiger partial charge on any atom is 0.252 e. The van der Waals surface area contributed by atoms with Crippen molar-refractivity contribution in [3.63, 3.8) is 0 Å². The minimum Gasteiger partial charge on any atom is -0.504 e. The molecule has 0 aliphatic carbocycles. The van der Waals surface area contributed by atoms with Gasteiger partial charge in [0.15, 0.2) is 5.75 Å². The summed E-state index contributed by atoms with van der Waals surface area (Å²) in [5.74, 6) is -0.652. The fourth-order valence-electron chi connectivity index (χ4n) is 1.39. The van der Waals surface area contributed by atoms with E-state index in [1.54, 1.807) is 0 Å². The Labute approximate surface area is 99.1 Å². The van der Waals surface area contributed by atoms with E-state index in [0.717, 1.165) is 6.07 Å². The first kappa shape index (κ1) is 11.0. The lowest BCUT2D eigenvalue weighted by atomic mass is 10.2. The molecule has 2 N–H and O–H groups in total. The summed E-state index contributed by atoms with van der Waals surface area (Å²) < 4.78 is 0. The molecular formula is C10H5Cl2NO3. The first-order valence-electron chi connectivity index (χ1n) is 4.24. The number of nitrogens with one attached hydrogen (secondary N) is 1.